The second kappa shape index (κ2) is 6.99. The van der Waals surface area contributed by atoms with Crippen LogP contribution in [0.1, 0.15) is 21.5 Å². The van der Waals surface area contributed by atoms with Gasteiger partial charge in [0.15, 0.2) is 17.3 Å². The number of carbonyl (C=O) groups excluding carboxylic acids is 1. The fourth-order valence-electron chi connectivity index (χ4n) is 2.21. The van der Waals surface area contributed by atoms with Crippen molar-refractivity contribution in [2.75, 3.05) is 20.7 Å². The number of benzene rings is 2. The van der Waals surface area contributed by atoms with Gasteiger partial charge in [-0.15, -0.1) is 0 Å². The zero-order valence-electron chi connectivity index (χ0n) is 12.2. The SMILES string of the molecule is CNCCc1ccccc1C(=O)c1cccc(OC)c1F. The Morgan fingerprint density at radius 3 is 2.57 bits per heavy atom. The number of nitrogens with one attached hydrogen (secondary N) is 1. The quantitative estimate of drug-likeness (QED) is 0.830. The van der Waals surface area contributed by atoms with E-state index in [0.717, 1.165) is 12.1 Å². The molecule has 0 aliphatic heterocycles. The van der Waals surface area contributed by atoms with Gasteiger partial charge in [-0.05, 0) is 37.7 Å². The van der Waals surface area contributed by atoms with Gasteiger partial charge in [-0.3, -0.25) is 4.79 Å². The Hall–Kier alpha value is -2.20. The summed E-state index contributed by atoms with van der Waals surface area (Å²) < 4.78 is 19.2. The molecule has 2 aromatic rings. The van der Waals surface area contributed by atoms with Crippen LogP contribution in [0.3, 0.4) is 0 Å². The maximum atomic E-state index is 14.2. The molecule has 0 saturated carbocycles. The van der Waals surface area contributed by atoms with Crippen LogP contribution in [0.2, 0.25) is 0 Å². The average molecular weight is 287 g/mol. The Bertz CT molecular complexity index is 640. The molecule has 0 fully saturated rings. The number of carbonyl (C=O) groups is 1. The third kappa shape index (κ3) is 3.28. The van der Waals surface area contributed by atoms with E-state index in [2.05, 4.69) is 5.32 Å². The topological polar surface area (TPSA) is 38.3 Å². The number of likely N-dealkylation sites (N-methyl/N-ethyl adjacent to an activating group) is 1. The Morgan fingerprint density at radius 1 is 1.14 bits per heavy atom. The number of methoxy groups -OCH3 is 1. The van der Waals surface area contributed by atoms with E-state index >= 15 is 0 Å². The highest BCUT2D eigenvalue weighted by atomic mass is 19.1. The first-order valence-electron chi connectivity index (χ1n) is 6.78. The van der Waals surface area contributed by atoms with Gasteiger partial charge in [0.1, 0.15) is 0 Å². The van der Waals surface area contributed by atoms with Crippen LogP contribution in [-0.2, 0) is 6.42 Å². The largest absolute Gasteiger partial charge is 0.494 e. The van der Waals surface area contributed by atoms with Crippen molar-refractivity contribution in [3.8, 4) is 5.75 Å². The first kappa shape index (κ1) is 15.2. The molecular formula is C17H18FNO2. The molecule has 2 aromatic carbocycles. The normalized spacial score (nSPS) is 10.4. The van der Waals surface area contributed by atoms with Crippen molar-refractivity contribution in [3.63, 3.8) is 0 Å². The van der Waals surface area contributed by atoms with Gasteiger partial charge in [0.25, 0.3) is 0 Å². The Labute approximate surface area is 123 Å². The zero-order chi connectivity index (χ0) is 15.2. The van der Waals surface area contributed by atoms with Gasteiger partial charge in [0, 0.05) is 5.56 Å². The monoisotopic (exact) mass is 287 g/mol. The highest BCUT2D eigenvalue weighted by Gasteiger charge is 2.19. The summed E-state index contributed by atoms with van der Waals surface area (Å²) in [6.07, 6.45) is 0.712. The molecule has 0 aliphatic rings. The standard InChI is InChI=1S/C17H18FNO2/c1-19-11-10-12-6-3-4-7-13(12)17(20)14-8-5-9-15(21-2)16(14)18/h3-9,19H,10-11H2,1-2H3. The van der Waals surface area contributed by atoms with Crippen LogP contribution in [0.4, 0.5) is 4.39 Å². The molecule has 0 aliphatic carbocycles. The summed E-state index contributed by atoms with van der Waals surface area (Å²) in [6.45, 7) is 0.755. The van der Waals surface area contributed by atoms with Gasteiger partial charge >= 0.3 is 0 Å². The second-order valence-corrected chi connectivity index (χ2v) is 4.66. The lowest BCUT2D eigenvalue weighted by Crippen LogP contribution is -2.14. The first-order valence-corrected chi connectivity index (χ1v) is 6.78. The van der Waals surface area contributed by atoms with Gasteiger partial charge in [-0.25, -0.2) is 4.39 Å². The number of halogens is 1. The number of rotatable bonds is 6. The summed E-state index contributed by atoms with van der Waals surface area (Å²) in [4.78, 5) is 12.6. The van der Waals surface area contributed by atoms with E-state index in [1.807, 2.05) is 19.2 Å². The van der Waals surface area contributed by atoms with Crippen molar-refractivity contribution in [2.24, 2.45) is 0 Å². The minimum absolute atomic E-state index is 0.0336. The molecule has 0 bridgehead atoms. The minimum atomic E-state index is -0.617. The van der Waals surface area contributed by atoms with Crippen molar-refractivity contribution in [2.45, 2.75) is 6.42 Å². The van der Waals surface area contributed by atoms with Crippen LogP contribution in [-0.4, -0.2) is 26.5 Å². The summed E-state index contributed by atoms with van der Waals surface area (Å²) in [7, 11) is 3.24. The highest BCUT2D eigenvalue weighted by molar-refractivity contribution is 6.10. The average Bonchev–Trinajstić information content (AvgIpc) is 2.53. The molecule has 0 saturated heterocycles. The van der Waals surface area contributed by atoms with Crippen LogP contribution < -0.4 is 10.1 Å². The predicted molar refractivity (Wildman–Crippen MR) is 80.5 cm³/mol. The second-order valence-electron chi connectivity index (χ2n) is 4.66. The Balaban J connectivity index is 2.41. The summed E-state index contributed by atoms with van der Waals surface area (Å²) in [6, 6.07) is 11.9. The minimum Gasteiger partial charge on any atom is -0.494 e. The number of ether oxygens (including phenoxy) is 1. The predicted octanol–water partition coefficient (Wildman–Crippen LogP) is 2.83. The molecule has 0 amide bonds. The number of hydrogen-bond donors (Lipinski definition) is 1. The molecule has 2 rings (SSSR count). The van der Waals surface area contributed by atoms with Gasteiger partial charge < -0.3 is 10.1 Å². The van der Waals surface area contributed by atoms with Gasteiger partial charge in [0.05, 0.1) is 12.7 Å². The van der Waals surface area contributed by atoms with E-state index in [1.165, 1.54) is 19.2 Å². The smallest absolute Gasteiger partial charge is 0.196 e. The van der Waals surface area contributed by atoms with Gasteiger partial charge in [-0.1, -0.05) is 30.3 Å². The lowest BCUT2D eigenvalue weighted by Gasteiger charge is -2.10. The van der Waals surface area contributed by atoms with E-state index < -0.39 is 5.82 Å². The molecule has 3 nitrogen and oxygen atoms in total. The lowest BCUT2D eigenvalue weighted by atomic mass is 9.96. The lowest BCUT2D eigenvalue weighted by molar-refractivity contribution is 0.103. The summed E-state index contributed by atoms with van der Waals surface area (Å²) in [5.74, 6) is -0.861. The first-order chi connectivity index (χ1) is 10.2. The third-order valence-electron chi connectivity index (χ3n) is 3.33. The van der Waals surface area contributed by atoms with E-state index in [1.54, 1.807) is 18.2 Å². The summed E-state index contributed by atoms with van der Waals surface area (Å²) in [5, 5.41) is 3.05. The molecule has 0 heterocycles. The fraction of sp³-hybridized carbons (Fsp3) is 0.235. The van der Waals surface area contributed by atoms with Gasteiger partial charge in [-0.2, -0.15) is 0 Å². The molecule has 0 spiro atoms. The van der Waals surface area contributed by atoms with Crippen molar-refractivity contribution in [1.29, 1.82) is 0 Å². The Morgan fingerprint density at radius 2 is 1.86 bits per heavy atom. The molecule has 1 N–H and O–H groups in total. The molecule has 0 radical (unpaired) electrons. The summed E-state index contributed by atoms with van der Waals surface area (Å²) in [5.41, 5.74) is 1.46. The molecule has 0 atom stereocenters. The maximum absolute atomic E-state index is 14.2. The molecular weight excluding hydrogens is 269 g/mol. The zero-order valence-corrected chi connectivity index (χ0v) is 12.2. The van der Waals surface area contributed by atoms with E-state index in [9.17, 15) is 9.18 Å². The van der Waals surface area contributed by atoms with Crippen LogP contribution in [0, 0.1) is 5.82 Å². The van der Waals surface area contributed by atoms with Crippen molar-refractivity contribution in [3.05, 3.63) is 65.0 Å². The maximum Gasteiger partial charge on any atom is 0.196 e. The van der Waals surface area contributed by atoms with E-state index in [4.69, 9.17) is 4.74 Å². The molecule has 0 unspecified atom stereocenters. The number of hydrogen-bond acceptors (Lipinski definition) is 3. The van der Waals surface area contributed by atoms with Crippen LogP contribution >= 0.6 is 0 Å². The molecule has 21 heavy (non-hydrogen) atoms. The van der Waals surface area contributed by atoms with Crippen molar-refractivity contribution >= 4 is 5.78 Å². The highest BCUT2D eigenvalue weighted by Crippen LogP contribution is 2.23. The van der Waals surface area contributed by atoms with Crippen LogP contribution in [0.5, 0.6) is 5.75 Å². The summed E-state index contributed by atoms with van der Waals surface area (Å²) >= 11 is 0. The van der Waals surface area contributed by atoms with Crippen molar-refractivity contribution < 1.29 is 13.9 Å². The van der Waals surface area contributed by atoms with E-state index in [-0.39, 0.29) is 17.1 Å². The molecule has 0 aromatic heterocycles. The Kier molecular flexibility index (Phi) is 5.06. The fourth-order valence-corrected chi connectivity index (χ4v) is 2.21. The van der Waals surface area contributed by atoms with Crippen LogP contribution in [0.15, 0.2) is 42.5 Å². The molecule has 110 valence electrons. The van der Waals surface area contributed by atoms with Crippen LogP contribution in [0.25, 0.3) is 0 Å². The van der Waals surface area contributed by atoms with Gasteiger partial charge in [0.2, 0.25) is 0 Å². The number of ketones is 1. The van der Waals surface area contributed by atoms with E-state index in [0.29, 0.717) is 12.0 Å². The van der Waals surface area contributed by atoms with Crippen molar-refractivity contribution in [1.82, 2.24) is 5.32 Å². The third-order valence-corrected chi connectivity index (χ3v) is 3.33. The molecule has 4 heteroatoms.